The second-order valence-corrected chi connectivity index (χ2v) is 3.62. The van der Waals surface area contributed by atoms with Crippen molar-refractivity contribution in [1.82, 2.24) is 0 Å². The fourth-order valence-corrected chi connectivity index (χ4v) is 1.72. The topological polar surface area (TPSA) is 27.7 Å². The normalized spacial score (nSPS) is 36.8. The van der Waals surface area contributed by atoms with Crippen molar-refractivity contribution in [3.8, 4) is 0 Å². The highest BCUT2D eigenvalue weighted by molar-refractivity contribution is 7.09. The van der Waals surface area contributed by atoms with Gasteiger partial charge in [-0.25, -0.2) is 0 Å². The molecule has 0 aromatic rings. The Morgan fingerprint density at radius 3 is 2.92 bits per heavy atom. The standard InChI is InChI=1S/C8H17O3P/c1-3-8(6-10-12)5-9-4-7(2)11-8/h7H,3-6,12H2,1-2H3. The summed E-state index contributed by atoms with van der Waals surface area (Å²) in [6.45, 7) is 6.02. The molecule has 0 N–H and O–H groups in total. The summed E-state index contributed by atoms with van der Waals surface area (Å²) in [4.78, 5) is 0. The van der Waals surface area contributed by atoms with E-state index in [4.69, 9.17) is 14.0 Å². The van der Waals surface area contributed by atoms with E-state index in [0.29, 0.717) is 19.8 Å². The van der Waals surface area contributed by atoms with Crippen LogP contribution < -0.4 is 0 Å². The van der Waals surface area contributed by atoms with Gasteiger partial charge in [-0.05, 0) is 13.3 Å². The van der Waals surface area contributed by atoms with Crippen molar-refractivity contribution in [2.45, 2.75) is 32.0 Å². The first-order valence-electron chi connectivity index (χ1n) is 4.29. The average Bonchev–Trinajstić information content (AvgIpc) is 2.05. The van der Waals surface area contributed by atoms with Gasteiger partial charge in [-0.1, -0.05) is 6.92 Å². The SMILES string of the molecule is CCC1(COP)COCC(C)O1. The van der Waals surface area contributed by atoms with Crippen LogP contribution in [-0.2, 0) is 14.0 Å². The number of hydrogen-bond acceptors (Lipinski definition) is 3. The fourth-order valence-electron chi connectivity index (χ4n) is 1.42. The van der Waals surface area contributed by atoms with E-state index in [9.17, 15) is 0 Å². The highest BCUT2D eigenvalue weighted by Crippen LogP contribution is 2.24. The van der Waals surface area contributed by atoms with E-state index < -0.39 is 0 Å². The summed E-state index contributed by atoms with van der Waals surface area (Å²) < 4.78 is 16.3. The third-order valence-corrected chi connectivity index (χ3v) is 2.33. The molecule has 3 unspecified atom stereocenters. The molecule has 0 aromatic carbocycles. The van der Waals surface area contributed by atoms with Crippen LogP contribution in [-0.4, -0.2) is 31.5 Å². The van der Waals surface area contributed by atoms with E-state index in [0.717, 1.165) is 6.42 Å². The van der Waals surface area contributed by atoms with Gasteiger partial charge < -0.3 is 14.0 Å². The van der Waals surface area contributed by atoms with Crippen molar-refractivity contribution < 1.29 is 14.0 Å². The van der Waals surface area contributed by atoms with E-state index in [1.165, 1.54) is 0 Å². The molecule has 3 nitrogen and oxygen atoms in total. The van der Waals surface area contributed by atoms with Crippen molar-refractivity contribution in [3.05, 3.63) is 0 Å². The van der Waals surface area contributed by atoms with Crippen LogP contribution in [0.4, 0.5) is 0 Å². The molecule has 1 aliphatic rings. The summed E-state index contributed by atoms with van der Waals surface area (Å²) in [6.07, 6.45) is 1.10. The Morgan fingerprint density at radius 2 is 2.42 bits per heavy atom. The molecule has 1 heterocycles. The molecule has 0 aliphatic carbocycles. The fraction of sp³-hybridized carbons (Fsp3) is 1.00. The van der Waals surface area contributed by atoms with E-state index in [-0.39, 0.29) is 11.7 Å². The molecule has 0 saturated carbocycles. The van der Waals surface area contributed by atoms with Gasteiger partial charge >= 0.3 is 0 Å². The predicted octanol–water partition coefficient (Wildman–Crippen LogP) is 1.38. The second-order valence-electron chi connectivity index (χ2n) is 3.29. The molecule has 0 radical (unpaired) electrons. The van der Waals surface area contributed by atoms with Gasteiger partial charge in [0.2, 0.25) is 0 Å². The summed E-state index contributed by atoms with van der Waals surface area (Å²) in [7, 11) is 2.25. The minimum Gasteiger partial charge on any atom is -0.376 e. The Balaban J connectivity index is 2.51. The van der Waals surface area contributed by atoms with E-state index in [2.05, 4.69) is 16.4 Å². The third kappa shape index (κ3) is 2.40. The van der Waals surface area contributed by atoms with E-state index in [1.54, 1.807) is 0 Å². The lowest BCUT2D eigenvalue weighted by molar-refractivity contribution is -0.204. The first-order chi connectivity index (χ1) is 5.72. The number of ether oxygens (including phenoxy) is 2. The van der Waals surface area contributed by atoms with Gasteiger partial charge in [0.15, 0.2) is 0 Å². The highest BCUT2D eigenvalue weighted by atomic mass is 31.0. The van der Waals surface area contributed by atoms with Crippen LogP contribution in [0.5, 0.6) is 0 Å². The van der Waals surface area contributed by atoms with Crippen molar-refractivity contribution >= 4 is 9.47 Å². The quantitative estimate of drug-likeness (QED) is 0.632. The zero-order valence-electron chi connectivity index (χ0n) is 7.71. The molecule has 1 fully saturated rings. The maximum absolute atomic E-state index is 5.80. The Kier molecular flexibility index (Phi) is 3.91. The van der Waals surface area contributed by atoms with Crippen molar-refractivity contribution in [2.24, 2.45) is 0 Å². The van der Waals surface area contributed by atoms with Crippen LogP contribution in [0.25, 0.3) is 0 Å². The number of hydrogen-bond donors (Lipinski definition) is 0. The Labute approximate surface area is 76.0 Å². The molecule has 4 heteroatoms. The van der Waals surface area contributed by atoms with Gasteiger partial charge in [0.25, 0.3) is 0 Å². The van der Waals surface area contributed by atoms with Crippen molar-refractivity contribution in [2.75, 3.05) is 19.8 Å². The largest absolute Gasteiger partial charge is 0.376 e. The van der Waals surface area contributed by atoms with Gasteiger partial charge in [0, 0.05) is 9.47 Å². The van der Waals surface area contributed by atoms with Crippen LogP contribution in [0.3, 0.4) is 0 Å². The second kappa shape index (κ2) is 4.52. The molecule has 0 spiro atoms. The van der Waals surface area contributed by atoms with Gasteiger partial charge in [0.05, 0.1) is 25.9 Å². The molecular weight excluding hydrogens is 175 g/mol. The zero-order chi connectivity index (χ0) is 9.03. The van der Waals surface area contributed by atoms with E-state index in [1.807, 2.05) is 6.92 Å². The number of rotatable bonds is 3. The summed E-state index contributed by atoms with van der Waals surface area (Å²) >= 11 is 0. The molecule has 0 amide bonds. The summed E-state index contributed by atoms with van der Waals surface area (Å²) in [5.74, 6) is 0. The molecule has 0 aromatic heterocycles. The van der Waals surface area contributed by atoms with Crippen LogP contribution in [0.1, 0.15) is 20.3 Å². The average molecular weight is 192 g/mol. The maximum atomic E-state index is 5.80. The molecule has 1 rings (SSSR count). The summed E-state index contributed by atoms with van der Waals surface area (Å²) in [5.41, 5.74) is -0.223. The van der Waals surface area contributed by atoms with Gasteiger partial charge in [-0.15, -0.1) is 0 Å². The highest BCUT2D eigenvalue weighted by Gasteiger charge is 2.35. The summed E-state index contributed by atoms with van der Waals surface area (Å²) in [6, 6.07) is 0. The lowest BCUT2D eigenvalue weighted by atomic mass is 10.0. The van der Waals surface area contributed by atoms with Gasteiger partial charge in [0.1, 0.15) is 5.60 Å². The Morgan fingerprint density at radius 1 is 1.67 bits per heavy atom. The van der Waals surface area contributed by atoms with Crippen LogP contribution >= 0.6 is 9.47 Å². The predicted molar refractivity (Wildman–Crippen MR) is 50.1 cm³/mol. The zero-order valence-corrected chi connectivity index (χ0v) is 8.86. The van der Waals surface area contributed by atoms with Gasteiger partial charge in [-0.3, -0.25) is 0 Å². The molecular formula is C8H17O3P. The van der Waals surface area contributed by atoms with E-state index >= 15 is 0 Å². The lowest BCUT2D eigenvalue weighted by Crippen LogP contribution is -2.49. The molecule has 1 saturated heterocycles. The first-order valence-corrected chi connectivity index (χ1v) is 4.77. The molecule has 72 valence electrons. The maximum Gasteiger partial charge on any atom is 0.115 e. The Hall–Kier alpha value is 0.310. The molecule has 12 heavy (non-hydrogen) atoms. The lowest BCUT2D eigenvalue weighted by Gasteiger charge is -2.38. The monoisotopic (exact) mass is 192 g/mol. The minimum atomic E-state index is -0.223. The molecule has 1 aliphatic heterocycles. The first kappa shape index (κ1) is 10.4. The van der Waals surface area contributed by atoms with Crippen molar-refractivity contribution in [3.63, 3.8) is 0 Å². The Bertz CT molecular complexity index is 138. The molecule has 3 atom stereocenters. The molecule has 0 bridgehead atoms. The van der Waals surface area contributed by atoms with Crippen molar-refractivity contribution in [1.29, 1.82) is 0 Å². The third-order valence-electron chi connectivity index (χ3n) is 2.16. The van der Waals surface area contributed by atoms with Crippen LogP contribution in [0.15, 0.2) is 0 Å². The smallest absolute Gasteiger partial charge is 0.115 e. The van der Waals surface area contributed by atoms with Crippen LogP contribution in [0, 0.1) is 0 Å². The van der Waals surface area contributed by atoms with Gasteiger partial charge in [-0.2, -0.15) is 0 Å². The van der Waals surface area contributed by atoms with Crippen LogP contribution in [0.2, 0.25) is 0 Å². The summed E-state index contributed by atoms with van der Waals surface area (Å²) in [5, 5.41) is 0. The minimum absolute atomic E-state index is 0.179.